The van der Waals surface area contributed by atoms with Crippen molar-refractivity contribution in [3.63, 3.8) is 0 Å². The molecule has 1 aromatic heterocycles. The Morgan fingerprint density at radius 1 is 0.829 bits per heavy atom. The molecule has 4 aromatic carbocycles. The van der Waals surface area contributed by atoms with E-state index in [1.165, 1.54) is 12.1 Å². The molecule has 2 heterocycles. The first-order chi connectivity index (χ1) is 20.0. The summed E-state index contributed by atoms with van der Waals surface area (Å²) in [4.78, 5) is 38.1. The van der Waals surface area contributed by atoms with Crippen molar-refractivity contribution in [2.45, 2.75) is 13.3 Å². The lowest BCUT2D eigenvalue weighted by Crippen LogP contribution is -2.49. The molecule has 1 amide bonds. The quantitative estimate of drug-likeness (QED) is 0.191. The standard InChI is InChI=1S/C33H29N5O3/c1-23-30(21-24-11-15-29(16-12-24)38(40)41)32(35-31(34-23)26-8-3-2-4-9-26)36-17-19-37(20-18-36)33(39)28-14-13-25-7-5-6-10-27(25)22-28/h2-16,22H,17-21H2,1H3. The molecule has 1 aliphatic rings. The minimum Gasteiger partial charge on any atom is -0.353 e. The lowest BCUT2D eigenvalue weighted by molar-refractivity contribution is -0.384. The third-order valence-electron chi connectivity index (χ3n) is 7.61. The zero-order chi connectivity index (χ0) is 28.3. The Labute approximate surface area is 238 Å². The van der Waals surface area contributed by atoms with Gasteiger partial charge in [0.15, 0.2) is 5.82 Å². The van der Waals surface area contributed by atoms with E-state index in [0.717, 1.165) is 39.0 Å². The maximum absolute atomic E-state index is 13.4. The fraction of sp³-hybridized carbons (Fsp3) is 0.182. The Morgan fingerprint density at radius 2 is 1.51 bits per heavy atom. The highest BCUT2D eigenvalue weighted by atomic mass is 16.6. The number of carbonyl (C=O) groups excluding carboxylic acids is 1. The number of aryl methyl sites for hydroxylation is 1. The van der Waals surface area contributed by atoms with Crippen molar-refractivity contribution in [3.8, 4) is 11.4 Å². The maximum Gasteiger partial charge on any atom is 0.269 e. The van der Waals surface area contributed by atoms with E-state index in [0.29, 0.717) is 44.0 Å². The van der Waals surface area contributed by atoms with Crippen molar-refractivity contribution in [1.82, 2.24) is 14.9 Å². The van der Waals surface area contributed by atoms with Crippen LogP contribution < -0.4 is 4.90 Å². The van der Waals surface area contributed by atoms with E-state index in [1.807, 2.05) is 84.6 Å². The van der Waals surface area contributed by atoms with Gasteiger partial charge >= 0.3 is 0 Å². The van der Waals surface area contributed by atoms with Gasteiger partial charge in [0.25, 0.3) is 11.6 Å². The predicted octanol–water partition coefficient (Wildman–Crippen LogP) is 6.07. The number of carbonyl (C=O) groups is 1. The van der Waals surface area contributed by atoms with E-state index in [2.05, 4.69) is 4.90 Å². The van der Waals surface area contributed by atoms with Gasteiger partial charge in [-0.2, -0.15) is 0 Å². The van der Waals surface area contributed by atoms with E-state index in [-0.39, 0.29) is 11.6 Å². The van der Waals surface area contributed by atoms with Crippen molar-refractivity contribution in [2.75, 3.05) is 31.1 Å². The van der Waals surface area contributed by atoms with Crippen LogP contribution in [0.15, 0.2) is 97.1 Å². The highest BCUT2D eigenvalue weighted by molar-refractivity contribution is 5.98. The summed E-state index contributed by atoms with van der Waals surface area (Å²) in [6.45, 7) is 4.41. The fourth-order valence-electron chi connectivity index (χ4n) is 5.33. The molecule has 1 saturated heterocycles. The average molecular weight is 544 g/mol. The lowest BCUT2D eigenvalue weighted by Gasteiger charge is -2.36. The summed E-state index contributed by atoms with van der Waals surface area (Å²) in [6.07, 6.45) is 0.546. The van der Waals surface area contributed by atoms with Gasteiger partial charge in [0.05, 0.1) is 4.92 Å². The van der Waals surface area contributed by atoms with Crippen LogP contribution in [0.5, 0.6) is 0 Å². The zero-order valence-corrected chi connectivity index (χ0v) is 22.7. The van der Waals surface area contributed by atoms with Crippen molar-refractivity contribution >= 4 is 28.2 Å². The van der Waals surface area contributed by atoms with Crippen LogP contribution in [0.2, 0.25) is 0 Å². The lowest BCUT2D eigenvalue weighted by atomic mass is 10.0. The number of piperazine rings is 1. The maximum atomic E-state index is 13.4. The number of nitro benzene ring substituents is 1. The second-order valence-corrected chi connectivity index (χ2v) is 10.2. The molecule has 1 fully saturated rings. The van der Waals surface area contributed by atoms with Gasteiger partial charge in [-0.05, 0) is 35.4 Å². The molecule has 8 heteroatoms. The Balaban J connectivity index is 1.27. The van der Waals surface area contributed by atoms with Gasteiger partial charge < -0.3 is 9.80 Å². The van der Waals surface area contributed by atoms with Gasteiger partial charge in [-0.25, -0.2) is 9.97 Å². The predicted molar refractivity (Wildman–Crippen MR) is 160 cm³/mol. The number of nitro groups is 1. The van der Waals surface area contributed by atoms with Crippen LogP contribution in [0.25, 0.3) is 22.2 Å². The van der Waals surface area contributed by atoms with Crippen LogP contribution in [-0.4, -0.2) is 51.9 Å². The molecular formula is C33H29N5O3. The van der Waals surface area contributed by atoms with Crippen LogP contribution in [0.3, 0.4) is 0 Å². The molecule has 0 N–H and O–H groups in total. The van der Waals surface area contributed by atoms with Gasteiger partial charge in [0.1, 0.15) is 5.82 Å². The molecule has 0 spiro atoms. The van der Waals surface area contributed by atoms with Crippen LogP contribution in [0.1, 0.15) is 27.2 Å². The number of benzene rings is 4. The summed E-state index contributed by atoms with van der Waals surface area (Å²) < 4.78 is 0. The number of fused-ring (bicyclic) bond motifs is 1. The van der Waals surface area contributed by atoms with Crippen molar-refractivity contribution in [2.24, 2.45) is 0 Å². The van der Waals surface area contributed by atoms with E-state index in [4.69, 9.17) is 9.97 Å². The molecule has 0 atom stereocenters. The SMILES string of the molecule is Cc1nc(-c2ccccc2)nc(N2CCN(C(=O)c3ccc4ccccc4c3)CC2)c1Cc1ccc([N+](=O)[O-])cc1. The minimum atomic E-state index is -0.392. The van der Waals surface area contributed by atoms with Gasteiger partial charge in [0, 0.05) is 67.1 Å². The van der Waals surface area contributed by atoms with Gasteiger partial charge in [0.2, 0.25) is 0 Å². The second kappa shape index (κ2) is 11.2. The first-order valence-corrected chi connectivity index (χ1v) is 13.7. The van der Waals surface area contributed by atoms with Crippen LogP contribution in [0, 0.1) is 17.0 Å². The zero-order valence-electron chi connectivity index (χ0n) is 22.7. The Kier molecular flexibility index (Phi) is 7.12. The highest BCUT2D eigenvalue weighted by Gasteiger charge is 2.26. The smallest absolute Gasteiger partial charge is 0.269 e. The number of hydrogen-bond acceptors (Lipinski definition) is 6. The second-order valence-electron chi connectivity index (χ2n) is 10.2. The summed E-state index contributed by atoms with van der Waals surface area (Å²) in [5.41, 5.74) is 4.48. The molecule has 0 radical (unpaired) electrons. The normalized spacial score (nSPS) is 13.4. The molecule has 0 unspecified atom stereocenters. The van der Waals surface area contributed by atoms with E-state index in [1.54, 1.807) is 12.1 Å². The number of anilines is 1. The molecular weight excluding hydrogens is 514 g/mol. The summed E-state index contributed by atoms with van der Waals surface area (Å²) in [6, 6.07) is 30.4. The van der Waals surface area contributed by atoms with E-state index < -0.39 is 4.92 Å². The molecule has 0 aliphatic carbocycles. The third kappa shape index (κ3) is 5.49. The highest BCUT2D eigenvalue weighted by Crippen LogP contribution is 2.29. The summed E-state index contributed by atoms with van der Waals surface area (Å²) in [5.74, 6) is 1.53. The van der Waals surface area contributed by atoms with Crippen LogP contribution >= 0.6 is 0 Å². The summed E-state index contributed by atoms with van der Waals surface area (Å²) in [7, 11) is 0. The Hall–Kier alpha value is -5.11. The first kappa shape index (κ1) is 26.1. The molecule has 204 valence electrons. The van der Waals surface area contributed by atoms with Crippen LogP contribution in [-0.2, 0) is 6.42 Å². The number of rotatable bonds is 6. The molecule has 8 nitrogen and oxygen atoms in total. The number of non-ortho nitro benzene ring substituents is 1. The molecule has 5 aromatic rings. The number of nitrogens with zero attached hydrogens (tertiary/aromatic N) is 5. The van der Waals surface area contributed by atoms with Crippen LogP contribution in [0.4, 0.5) is 11.5 Å². The number of hydrogen-bond donors (Lipinski definition) is 0. The Morgan fingerprint density at radius 3 is 2.22 bits per heavy atom. The van der Waals surface area contributed by atoms with Crippen molar-refractivity contribution in [1.29, 1.82) is 0 Å². The number of aromatic nitrogens is 2. The molecule has 0 bridgehead atoms. The van der Waals surface area contributed by atoms with E-state index in [9.17, 15) is 14.9 Å². The third-order valence-corrected chi connectivity index (χ3v) is 7.61. The summed E-state index contributed by atoms with van der Waals surface area (Å²) >= 11 is 0. The van der Waals surface area contributed by atoms with E-state index >= 15 is 0 Å². The minimum absolute atomic E-state index is 0.0327. The van der Waals surface area contributed by atoms with Crippen molar-refractivity contribution in [3.05, 3.63) is 130 Å². The monoisotopic (exact) mass is 543 g/mol. The molecule has 6 rings (SSSR count). The number of amides is 1. The van der Waals surface area contributed by atoms with Gasteiger partial charge in [-0.3, -0.25) is 14.9 Å². The molecule has 41 heavy (non-hydrogen) atoms. The largest absolute Gasteiger partial charge is 0.353 e. The molecule has 1 aliphatic heterocycles. The topological polar surface area (TPSA) is 92.5 Å². The fourth-order valence-corrected chi connectivity index (χ4v) is 5.33. The van der Waals surface area contributed by atoms with Gasteiger partial charge in [-0.15, -0.1) is 0 Å². The van der Waals surface area contributed by atoms with Crippen molar-refractivity contribution < 1.29 is 9.72 Å². The average Bonchev–Trinajstić information content (AvgIpc) is 3.02. The summed E-state index contributed by atoms with van der Waals surface area (Å²) in [5, 5.41) is 13.3. The first-order valence-electron chi connectivity index (χ1n) is 13.7. The van der Waals surface area contributed by atoms with Gasteiger partial charge in [-0.1, -0.05) is 72.8 Å². The molecule has 0 saturated carbocycles. The Bertz CT molecular complexity index is 1730.